The van der Waals surface area contributed by atoms with Gasteiger partial charge in [0.1, 0.15) is 0 Å². The summed E-state index contributed by atoms with van der Waals surface area (Å²) in [5.41, 5.74) is 0.552. The van der Waals surface area contributed by atoms with Gasteiger partial charge in [-0.15, -0.1) is 0 Å². The number of nitrogens with zero attached hydrogens (tertiary/aromatic N) is 1. The number of nitrogens with one attached hydrogen (secondary N) is 1. The first-order valence-electron chi connectivity index (χ1n) is 7.63. The maximum absolute atomic E-state index is 3.83. The van der Waals surface area contributed by atoms with Gasteiger partial charge in [-0.25, -0.2) is 0 Å². The number of rotatable bonds is 5. The van der Waals surface area contributed by atoms with E-state index in [2.05, 4.69) is 58.9 Å². The van der Waals surface area contributed by atoms with Crippen LogP contribution in [-0.4, -0.2) is 37.6 Å². The van der Waals surface area contributed by atoms with Crippen LogP contribution in [0, 0.1) is 17.3 Å². The van der Waals surface area contributed by atoms with Crippen LogP contribution < -0.4 is 5.32 Å². The van der Waals surface area contributed by atoms with Crippen LogP contribution in [0.1, 0.15) is 53.9 Å². The van der Waals surface area contributed by atoms with Crippen molar-refractivity contribution in [1.29, 1.82) is 0 Å². The largest absolute Gasteiger partial charge is 0.312 e. The van der Waals surface area contributed by atoms with Crippen molar-refractivity contribution >= 4 is 0 Å². The Balaban J connectivity index is 2.44. The highest BCUT2D eigenvalue weighted by Gasteiger charge is 2.32. The van der Waals surface area contributed by atoms with E-state index in [0.717, 1.165) is 18.5 Å². The molecule has 1 N–H and O–H groups in total. The van der Waals surface area contributed by atoms with Gasteiger partial charge in [0, 0.05) is 18.6 Å². The fraction of sp³-hybridized carbons (Fsp3) is 1.00. The number of likely N-dealkylation sites (N-methyl/N-ethyl adjacent to an activating group) is 1. The molecule has 18 heavy (non-hydrogen) atoms. The molecule has 0 aromatic heterocycles. The second-order valence-electron chi connectivity index (χ2n) is 7.67. The van der Waals surface area contributed by atoms with Crippen LogP contribution in [0.4, 0.5) is 0 Å². The van der Waals surface area contributed by atoms with Gasteiger partial charge in [-0.3, -0.25) is 0 Å². The Hall–Kier alpha value is -0.0800. The Kier molecular flexibility index (Phi) is 5.67. The smallest absolute Gasteiger partial charge is 0.0237 e. The average molecular weight is 254 g/mol. The van der Waals surface area contributed by atoms with E-state index in [1.54, 1.807) is 0 Å². The molecule has 108 valence electrons. The molecule has 0 bridgehead atoms. The zero-order valence-corrected chi connectivity index (χ0v) is 13.6. The average Bonchev–Trinajstić information content (AvgIpc) is 2.19. The molecular formula is C16H34N2. The molecule has 3 atom stereocenters. The van der Waals surface area contributed by atoms with Gasteiger partial charge in [0.15, 0.2) is 0 Å². The van der Waals surface area contributed by atoms with Crippen LogP contribution in [0.3, 0.4) is 0 Å². The first-order chi connectivity index (χ1) is 8.23. The highest BCUT2D eigenvalue weighted by Crippen LogP contribution is 2.38. The van der Waals surface area contributed by atoms with E-state index in [0.29, 0.717) is 17.4 Å². The zero-order valence-electron chi connectivity index (χ0n) is 13.6. The van der Waals surface area contributed by atoms with Crippen molar-refractivity contribution in [3.8, 4) is 0 Å². The summed E-state index contributed by atoms with van der Waals surface area (Å²) in [5.74, 6) is 1.52. The van der Waals surface area contributed by atoms with Crippen LogP contribution in [-0.2, 0) is 0 Å². The van der Waals surface area contributed by atoms with Gasteiger partial charge >= 0.3 is 0 Å². The third kappa shape index (κ3) is 4.55. The molecule has 0 heterocycles. The second kappa shape index (κ2) is 6.38. The summed E-state index contributed by atoms with van der Waals surface area (Å²) >= 11 is 0. The topological polar surface area (TPSA) is 15.3 Å². The molecular weight excluding hydrogens is 220 g/mol. The van der Waals surface area contributed by atoms with Crippen molar-refractivity contribution in [2.45, 2.75) is 66.0 Å². The van der Waals surface area contributed by atoms with Crippen molar-refractivity contribution < 1.29 is 0 Å². The molecule has 0 radical (unpaired) electrons. The molecule has 3 unspecified atom stereocenters. The van der Waals surface area contributed by atoms with Crippen molar-refractivity contribution in [2.75, 3.05) is 20.6 Å². The lowest BCUT2D eigenvalue weighted by Gasteiger charge is -2.41. The van der Waals surface area contributed by atoms with Crippen molar-refractivity contribution in [2.24, 2.45) is 17.3 Å². The lowest BCUT2D eigenvalue weighted by Crippen LogP contribution is -2.48. The van der Waals surface area contributed by atoms with E-state index < -0.39 is 0 Å². The van der Waals surface area contributed by atoms with Gasteiger partial charge in [0.05, 0.1) is 0 Å². The summed E-state index contributed by atoms with van der Waals surface area (Å²) in [7, 11) is 4.39. The molecule has 0 aromatic carbocycles. The minimum Gasteiger partial charge on any atom is -0.312 e. The predicted molar refractivity (Wildman–Crippen MR) is 80.9 cm³/mol. The lowest BCUT2D eigenvalue weighted by atomic mass is 9.70. The van der Waals surface area contributed by atoms with E-state index in [1.807, 2.05) is 0 Å². The summed E-state index contributed by atoms with van der Waals surface area (Å²) in [6.07, 6.45) is 4.06. The highest BCUT2D eigenvalue weighted by atomic mass is 15.1. The summed E-state index contributed by atoms with van der Waals surface area (Å²) in [6.45, 7) is 13.0. The number of hydrogen-bond donors (Lipinski definition) is 1. The molecule has 1 fully saturated rings. The Morgan fingerprint density at radius 3 is 2.33 bits per heavy atom. The third-order valence-corrected chi connectivity index (χ3v) is 4.72. The van der Waals surface area contributed by atoms with Crippen LogP contribution >= 0.6 is 0 Å². The predicted octanol–water partition coefficient (Wildman–Crippen LogP) is 3.38. The van der Waals surface area contributed by atoms with Gasteiger partial charge in [-0.1, -0.05) is 34.6 Å². The van der Waals surface area contributed by atoms with E-state index in [9.17, 15) is 0 Å². The van der Waals surface area contributed by atoms with Crippen LogP contribution in [0.15, 0.2) is 0 Å². The summed E-state index contributed by atoms with van der Waals surface area (Å²) in [5, 5.41) is 3.83. The quantitative estimate of drug-likeness (QED) is 0.809. The molecule has 1 aliphatic carbocycles. The Morgan fingerprint density at radius 1 is 1.28 bits per heavy atom. The second-order valence-corrected chi connectivity index (χ2v) is 7.67. The van der Waals surface area contributed by atoms with Gasteiger partial charge in [-0.2, -0.15) is 0 Å². The van der Waals surface area contributed by atoms with Crippen LogP contribution in [0.2, 0.25) is 0 Å². The maximum atomic E-state index is 3.83. The normalized spacial score (nSPS) is 29.8. The van der Waals surface area contributed by atoms with Crippen molar-refractivity contribution in [3.05, 3.63) is 0 Å². The Morgan fingerprint density at radius 2 is 1.89 bits per heavy atom. The van der Waals surface area contributed by atoms with Crippen LogP contribution in [0.25, 0.3) is 0 Å². The van der Waals surface area contributed by atoms with Gasteiger partial charge in [-0.05, 0) is 50.6 Å². The molecule has 0 amide bonds. The van der Waals surface area contributed by atoms with Crippen molar-refractivity contribution in [1.82, 2.24) is 10.2 Å². The van der Waals surface area contributed by atoms with Gasteiger partial charge in [0.2, 0.25) is 0 Å². The third-order valence-electron chi connectivity index (χ3n) is 4.72. The summed E-state index contributed by atoms with van der Waals surface area (Å²) in [4.78, 5) is 2.36. The van der Waals surface area contributed by atoms with E-state index in [4.69, 9.17) is 0 Å². The molecule has 0 spiro atoms. The van der Waals surface area contributed by atoms with Gasteiger partial charge < -0.3 is 10.2 Å². The molecule has 0 saturated heterocycles. The van der Waals surface area contributed by atoms with Gasteiger partial charge in [0.25, 0.3) is 0 Å². The molecule has 1 rings (SSSR count). The minimum absolute atomic E-state index is 0.552. The fourth-order valence-electron chi connectivity index (χ4n) is 3.54. The molecule has 1 aliphatic rings. The van der Waals surface area contributed by atoms with E-state index >= 15 is 0 Å². The first kappa shape index (κ1) is 16.0. The monoisotopic (exact) mass is 254 g/mol. The van der Waals surface area contributed by atoms with Crippen molar-refractivity contribution in [3.63, 3.8) is 0 Å². The van der Waals surface area contributed by atoms with E-state index in [1.165, 1.54) is 19.3 Å². The SMILES string of the molecule is CC(C)C(CNC1CCC(C)(C)CC1C)N(C)C. The minimum atomic E-state index is 0.552. The zero-order chi connectivity index (χ0) is 13.9. The van der Waals surface area contributed by atoms with E-state index in [-0.39, 0.29) is 0 Å². The standard InChI is InChI=1S/C16H34N2/c1-12(2)15(18(6)7)11-17-14-8-9-16(4,5)10-13(14)3/h12-15,17H,8-11H2,1-7H3. The molecule has 0 aliphatic heterocycles. The molecule has 2 nitrogen and oxygen atoms in total. The summed E-state index contributed by atoms with van der Waals surface area (Å²) < 4.78 is 0. The van der Waals surface area contributed by atoms with Crippen LogP contribution in [0.5, 0.6) is 0 Å². The Labute approximate surface area is 115 Å². The Bertz CT molecular complexity index is 237. The number of hydrogen-bond acceptors (Lipinski definition) is 2. The maximum Gasteiger partial charge on any atom is 0.0237 e. The molecule has 0 aromatic rings. The first-order valence-corrected chi connectivity index (χ1v) is 7.63. The molecule has 1 saturated carbocycles. The highest BCUT2D eigenvalue weighted by molar-refractivity contribution is 4.88. The summed E-state index contributed by atoms with van der Waals surface area (Å²) in [6, 6.07) is 1.37. The molecule has 2 heteroatoms. The fourth-order valence-corrected chi connectivity index (χ4v) is 3.54. The lowest BCUT2D eigenvalue weighted by molar-refractivity contribution is 0.136.